The number of pyridine rings is 1. The summed E-state index contributed by atoms with van der Waals surface area (Å²) in [6.45, 7) is 5.48. The number of nitrogens with zero attached hydrogens (tertiary/aromatic N) is 5. The number of hydrogen-bond donors (Lipinski definition) is 1. The van der Waals surface area contributed by atoms with E-state index in [9.17, 15) is 9.18 Å². The van der Waals surface area contributed by atoms with E-state index in [1.807, 2.05) is 18.3 Å². The number of hydrogen-bond acceptors (Lipinski definition) is 6. The summed E-state index contributed by atoms with van der Waals surface area (Å²) < 4.78 is 21.9. The predicted octanol–water partition coefficient (Wildman–Crippen LogP) is 4.44. The zero-order valence-corrected chi connectivity index (χ0v) is 21.4. The molecule has 0 bridgehead atoms. The molecule has 0 radical (unpaired) electrons. The molecule has 2 aliphatic carbocycles. The summed E-state index contributed by atoms with van der Waals surface area (Å²) >= 11 is 0. The van der Waals surface area contributed by atoms with Gasteiger partial charge in [0.05, 0.1) is 48.2 Å². The number of aliphatic imine (C=N–C) groups is 1. The Bertz CT molecular complexity index is 1180. The molecule has 0 aromatic carbocycles. The van der Waals surface area contributed by atoms with Gasteiger partial charge in [-0.1, -0.05) is 6.08 Å². The SMILES string of the molecule is Cc1c(C(=O)Nc2ccc(C3=CCC(N4CCOCC4)CC3)nc2)cnn1C1N=CC(C2CC2)CC1F. The Hall–Kier alpha value is -2.91. The van der Waals surface area contributed by atoms with Crippen molar-refractivity contribution in [3.8, 4) is 0 Å². The molecule has 8 nitrogen and oxygen atoms in total. The number of alkyl halides is 1. The van der Waals surface area contributed by atoms with Crippen LogP contribution in [0.5, 0.6) is 0 Å². The van der Waals surface area contributed by atoms with Crippen LogP contribution in [0.15, 0.2) is 35.6 Å². The van der Waals surface area contributed by atoms with E-state index in [4.69, 9.17) is 4.74 Å². The van der Waals surface area contributed by atoms with Gasteiger partial charge in [0.15, 0.2) is 6.17 Å². The maximum absolute atomic E-state index is 14.9. The molecule has 2 aromatic rings. The molecule has 1 N–H and O–H groups in total. The smallest absolute Gasteiger partial charge is 0.259 e. The van der Waals surface area contributed by atoms with Crippen molar-refractivity contribution in [1.29, 1.82) is 0 Å². The van der Waals surface area contributed by atoms with E-state index in [2.05, 4.69) is 31.4 Å². The van der Waals surface area contributed by atoms with E-state index in [0.29, 0.717) is 35.3 Å². The van der Waals surface area contributed by atoms with E-state index in [0.717, 1.165) is 51.3 Å². The number of allylic oxidation sites excluding steroid dienone is 1. The van der Waals surface area contributed by atoms with Crippen molar-refractivity contribution in [2.24, 2.45) is 16.8 Å². The Kier molecular flexibility index (Phi) is 6.90. The van der Waals surface area contributed by atoms with Gasteiger partial charge in [-0.25, -0.2) is 9.07 Å². The van der Waals surface area contributed by atoms with Gasteiger partial charge in [-0.15, -0.1) is 0 Å². The third-order valence-electron chi connectivity index (χ3n) is 8.31. The molecule has 1 amide bonds. The third kappa shape index (κ3) is 5.25. The van der Waals surface area contributed by atoms with Crippen molar-refractivity contribution in [3.63, 3.8) is 0 Å². The Morgan fingerprint density at radius 1 is 1.16 bits per heavy atom. The number of carbonyl (C=O) groups excluding carboxylic acids is 1. The first-order valence-corrected chi connectivity index (χ1v) is 13.6. The number of ether oxygens (including phenoxy) is 1. The van der Waals surface area contributed by atoms with E-state index in [1.165, 1.54) is 24.6 Å². The van der Waals surface area contributed by atoms with Gasteiger partial charge < -0.3 is 10.1 Å². The Balaban J connectivity index is 1.07. The maximum atomic E-state index is 14.9. The molecule has 2 fully saturated rings. The van der Waals surface area contributed by atoms with Crippen molar-refractivity contribution in [2.45, 2.75) is 63.8 Å². The van der Waals surface area contributed by atoms with Crippen LogP contribution in [-0.4, -0.2) is 70.3 Å². The van der Waals surface area contributed by atoms with Crippen LogP contribution in [-0.2, 0) is 4.74 Å². The van der Waals surface area contributed by atoms with Crippen LogP contribution in [0.1, 0.15) is 66.4 Å². The lowest BCUT2D eigenvalue weighted by molar-refractivity contribution is 0.0150. The van der Waals surface area contributed by atoms with Crippen molar-refractivity contribution in [2.75, 3.05) is 31.6 Å². The molecule has 37 heavy (non-hydrogen) atoms. The Morgan fingerprint density at radius 3 is 2.68 bits per heavy atom. The van der Waals surface area contributed by atoms with Crippen LogP contribution in [0.4, 0.5) is 10.1 Å². The number of nitrogens with one attached hydrogen (secondary N) is 1. The Morgan fingerprint density at radius 2 is 2.00 bits per heavy atom. The number of aromatic nitrogens is 3. The fourth-order valence-corrected chi connectivity index (χ4v) is 5.89. The van der Waals surface area contributed by atoms with E-state index in [-0.39, 0.29) is 11.8 Å². The molecule has 1 saturated heterocycles. The molecule has 6 rings (SSSR count). The lowest BCUT2D eigenvalue weighted by Gasteiger charge is -2.36. The Labute approximate surface area is 217 Å². The molecule has 9 heteroatoms. The summed E-state index contributed by atoms with van der Waals surface area (Å²) in [6, 6.07) is 4.44. The predicted molar refractivity (Wildman–Crippen MR) is 140 cm³/mol. The molecule has 2 aromatic heterocycles. The van der Waals surface area contributed by atoms with Gasteiger partial charge in [0.2, 0.25) is 0 Å². The third-order valence-corrected chi connectivity index (χ3v) is 8.31. The summed E-state index contributed by atoms with van der Waals surface area (Å²) in [4.78, 5) is 24.6. The van der Waals surface area contributed by atoms with Gasteiger partial charge in [-0.3, -0.25) is 19.7 Å². The molecule has 4 aliphatic rings. The second-order valence-corrected chi connectivity index (χ2v) is 10.7. The second-order valence-electron chi connectivity index (χ2n) is 10.7. The number of anilines is 1. The number of morpholine rings is 1. The highest BCUT2D eigenvalue weighted by atomic mass is 19.1. The van der Waals surface area contributed by atoms with Gasteiger partial charge >= 0.3 is 0 Å². The average Bonchev–Trinajstić information content (AvgIpc) is 3.72. The molecule has 4 atom stereocenters. The minimum Gasteiger partial charge on any atom is -0.379 e. The zero-order valence-electron chi connectivity index (χ0n) is 21.4. The monoisotopic (exact) mass is 506 g/mol. The highest BCUT2D eigenvalue weighted by molar-refractivity contribution is 6.04. The van der Waals surface area contributed by atoms with Crippen molar-refractivity contribution in [3.05, 3.63) is 47.6 Å². The summed E-state index contributed by atoms with van der Waals surface area (Å²) in [6.07, 6.45) is 11.6. The number of rotatable bonds is 6. The fraction of sp³-hybridized carbons (Fsp3) is 0.571. The average molecular weight is 507 g/mol. The van der Waals surface area contributed by atoms with E-state index in [1.54, 1.807) is 17.8 Å². The quantitative estimate of drug-likeness (QED) is 0.626. The molecular weight excluding hydrogens is 471 g/mol. The van der Waals surface area contributed by atoms with Crippen molar-refractivity contribution >= 4 is 23.4 Å². The van der Waals surface area contributed by atoms with Gasteiger partial charge in [0.1, 0.15) is 6.17 Å². The van der Waals surface area contributed by atoms with Crippen LogP contribution in [0, 0.1) is 18.8 Å². The van der Waals surface area contributed by atoms with Crippen LogP contribution in [0.3, 0.4) is 0 Å². The van der Waals surface area contributed by atoms with Gasteiger partial charge in [0.25, 0.3) is 5.91 Å². The first-order chi connectivity index (χ1) is 18.1. The van der Waals surface area contributed by atoms with Gasteiger partial charge in [-0.2, -0.15) is 5.10 Å². The molecule has 196 valence electrons. The van der Waals surface area contributed by atoms with E-state index >= 15 is 0 Å². The van der Waals surface area contributed by atoms with Crippen LogP contribution in [0.25, 0.3) is 5.57 Å². The van der Waals surface area contributed by atoms with Gasteiger partial charge in [0, 0.05) is 25.3 Å². The highest BCUT2D eigenvalue weighted by Crippen LogP contribution is 2.42. The van der Waals surface area contributed by atoms with Crippen molar-refractivity contribution < 1.29 is 13.9 Å². The molecule has 1 saturated carbocycles. The molecule has 4 unspecified atom stereocenters. The largest absolute Gasteiger partial charge is 0.379 e. The fourth-order valence-electron chi connectivity index (χ4n) is 5.89. The summed E-state index contributed by atoms with van der Waals surface area (Å²) in [5.41, 5.74) is 3.86. The lowest BCUT2D eigenvalue weighted by Crippen LogP contribution is -2.43. The molecule has 0 spiro atoms. The topological polar surface area (TPSA) is 84.6 Å². The highest BCUT2D eigenvalue weighted by Gasteiger charge is 2.38. The molecule has 4 heterocycles. The van der Waals surface area contributed by atoms with Crippen LogP contribution in [0.2, 0.25) is 0 Å². The number of halogens is 1. The first-order valence-electron chi connectivity index (χ1n) is 13.6. The van der Waals surface area contributed by atoms with Gasteiger partial charge in [-0.05, 0) is 75.0 Å². The lowest BCUT2D eigenvalue weighted by atomic mass is 9.92. The summed E-state index contributed by atoms with van der Waals surface area (Å²) in [7, 11) is 0. The minimum atomic E-state index is -1.10. The molecule has 2 aliphatic heterocycles. The number of amides is 1. The normalized spacial score (nSPS) is 28.6. The summed E-state index contributed by atoms with van der Waals surface area (Å²) in [5, 5.41) is 7.23. The second kappa shape index (κ2) is 10.5. The first kappa shape index (κ1) is 24.4. The molecular formula is C28H35FN6O2. The standard InChI is InChI=1S/C28H35FN6O2/c1-18-24(17-32-35(18)27-25(29)14-21(15-31-27)19-2-3-19)28(36)33-22-6-9-26(30-16-22)20-4-7-23(8-5-20)34-10-12-37-13-11-34/h4,6,9,15-17,19,21,23,25,27H,2-3,5,7-8,10-14H2,1H3,(H,33,36). The zero-order chi connectivity index (χ0) is 25.4. The number of carbonyl (C=O) groups is 1. The minimum absolute atomic E-state index is 0.232. The maximum Gasteiger partial charge on any atom is 0.259 e. The van der Waals surface area contributed by atoms with Crippen LogP contribution < -0.4 is 5.32 Å². The van der Waals surface area contributed by atoms with Crippen molar-refractivity contribution in [1.82, 2.24) is 19.7 Å². The summed E-state index contributed by atoms with van der Waals surface area (Å²) in [5.74, 6) is 0.537. The van der Waals surface area contributed by atoms with Crippen LogP contribution >= 0.6 is 0 Å². The van der Waals surface area contributed by atoms with E-state index < -0.39 is 12.3 Å².